The zero-order chi connectivity index (χ0) is 12.0. The Morgan fingerprint density at radius 2 is 2.06 bits per heavy atom. The summed E-state index contributed by atoms with van der Waals surface area (Å²) >= 11 is 0. The molecular formula is C15H29N. The van der Waals surface area contributed by atoms with Crippen molar-refractivity contribution < 1.29 is 0 Å². The molecule has 1 aliphatic rings. The quantitative estimate of drug-likeness (QED) is 0.643. The van der Waals surface area contributed by atoms with Crippen LogP contribution in [0.3, 0.4) is 0 Å². The standard InChI is InChI=1S/C15H29N/c1-5-7-8-14(6-2)13-16-11-9-15(3,4)10-12-16/h9,11,14H,5-8,10,12-13H2,1-4H3. The first-order valence-corrected chi connectivity index (χ1v) is 7.01. The number of nitrogens with zero attached hydrogens (tertiary/aromatic N) is 1. The van der Waals surface area contributed by atoms with Crippen LogP contribution in [-0.2, 0) is 0 Å². The van der Waals surface area contributed by atoms with Crippen LogP contribution >= 0.6 is 0 Å². The minimum absolute atomic E-state index is 0.418. The second kappa shape index (κ2) is 6.32. The summed E-state index contributed by atoms with van der Waals surface area (Å²) in [5, 5.41) is 0. The van der Waals surface area contributed by atoms with Crippen molar-refractivity contribution >= 4 is 0 Å². The Labute approximate surface area is 102 Å². The fraction of sp³-hybridized carbons (Fsp3) is 0.867. The van der Waals surface area contributed by atoms with Crippen molar-refractivity contribution in [3.8, 4) is 0 Å². The number of unbranched alkanes of at least 4 members (excludes halogenated alkanes) is 1. The minimum Gasteiger partial charge on any atom is -0.377 e. The summed E-state index contributed by atoms with van der Waals surface area (Å²) in [6.07, 6.45) is 11.5. The van der Waals surface area contributed by atoms with Crippen LogP contribution < -0.4 is 0 Å². The van der Waals surface area contributed by atoms with E-state index in [4.69, 9.17) is 0 Å². The van der Waals surface area contributed by atoms with E-state index in [1.165, 1.54) is 45.2 Å². The van der Waals surface area contributed by atoms with Crippen molar-refractivity contribution in [3.05, 3.63) is 12.3 Å². The van der Waals surface area contributed by atoms with Crippen LogP contribution in [0, 0.1) is 11.3 Å². The molecule has 1 unspecified atom stereocenters. The van der Waals surface area contributed by atoms with Crippen molar-refractivity contribution in [1.29, 1.82) is 0 Å². The van der Waals surface area contributed by atoms with Gasteiger partial charge in [-0.15, -0.1) is 0 Å². The second-order valence-corrected chi connectivity index (χ2v) is 5.97. The monoisotopic (exact) mass is 223 g/mol. The summed E-state index contributed by atoms with van der Waals surface area (Å²) in [4.78, 5) is 2.52. The maximum Gasteiger partial charge on any atom is 0.0200 e. The Balaban J connectivity index is 2.36. The third-order valence-electron chi connectivity index (χ3n) is 3.82. The van der Waals surface area contributed by atoms with Gasteiger partial charge in [-0.25, -0.2) is 0 Å². The highest BCUT2D eigenvalue weighted by Gasteiger charge is 2.20. The van der Waals surface area contributed by atoms with Gasteiger partial charge in [-0.3, -0.25) is 0 Å². The average Bonchev–Trinajstić information content (AvgIpc) is 2.26. The molecule has 0 bridgehead atoms. The zero-order valence-corrected chi connectivity index (χ0v) is 11.6. The maximum atomic E-state index is 2.52. The third kappa shape index (κ3) is 4.59. The molecule has 0 spiro atoms. The van der Waals surface area contributed by atoms with Crippen LogP contribution in [0.5, 0.6) is 0 Å². The van der Waals surface area contributed by atoms with Gasteiger partial charge < -0.3 is 4.90 Å². The van der Waals surface area contributed by atoms with E-state index >= 15 is 0 Å². The van der Waals surface area contributed by atoms with E-state index in [0.29, 0.717) is 5.41 Å². The Morgan fingerprint density at radius 3 is 2.56 bits per heavy atom. The zero-order valence-electron chi connectivity index (χ0n) is 11.6. The molecule has 1 aliphatic heterocycles. The van der Waals surface area contributed by atoms with Crippen molar-refractivity contribution in [2.24, 2.45) is 11.3 Å². The van der Waals surface area contributed by atoms with Gasteiger partial charge in [0, 0.05) is 13.1 Å². The van der Waals surface area contributed by atoms with Gasteiger partial charge in [-0.2, -0.15) is 0 Å². The number of rotatable bonds is 6. The first kappa shape index (κ1) is 13.6. The van der Waals surface area contributed by atoms with Crippen LogP contribution in [0.4, 0.5) is 0 Å². The van der Waals surface area contributed by atoms with E-state index in [9.17, 15) is 0 Å². The predicted molar refractivity (Wildman–Crippen MR) is 72.4 cm³/mol. The van der Waals surface area contributed by atoms with Gasteiger partial charge in [0.15, 0.2) is 0 Å². The highest BCUT2D eigenvalue weighted by Crippen LogP contribution is 2.27. The van der Waals surface area contributed by atoms with Gasteiger partial charge in [0.25, 0.3) is 0 Å². The summed E-state index contributed by atoms with van der Waals surface area (Å²) in [6.45, 7) is 11.8. The van der Waals surface area contributed by atoms with Crippen molar-refractivity contribution in [2.45, 2.75) is 59.8 Å². The van der Waals surface area contributed by atoms with E-state index in [1.807, 2.05) is 0 Å². The van der Waals surface area contributed by atoms with E-state index in [2.05, 4.69) is 44.9 Å². The molecule has 1 nitrogen and oxygen atoms in total. The Bertz CT molecular complexity index is 217. The molecule has 0 aliphatic carbocycles. The molecule has 1 heterocycles. The van der Waals surface area contributed by atoms with Crippen molar-refractivity contribution in [2.75, 3.05) is 13.1 Å². The molecule has 0 N–H and O–H groups in total. The molecule has 1 atom stereocenters. The van der Waals surface area contributed by atoms with Gasteiger partial charge in [-0.05, 0) is 30.4 Å². The second-order valence-electron chi connectivity index (χ2n) is 5.97. The average molecular weight is 223 g/mol. The van der Waals surface area contributed by atoms with E-state index in [-0.39, 0.29) is 0 Å². The molecule has 0 aromatic rings. The molecule has 0 amide bonds. The predicted octanol–water partition coefficient (Wildman–Crippen LogP) is 4.45. The van der Waals surface area contributed by atoms with Gasteiger partial charge in [-0.1, -0.05) is 53.0 Å². The molecular weight excluding hydrogens is 194 g/mol. The molecule has 1 heteroatoms. The first-order valence-electron chi connectivity index (χ1n) is 7.01. The highest BCUT2D eigenvalue weighted by atomic mass is 15.1. The molecule has 0 fully saturated rings. The maximum absolute atomic E-state index is 2.52. The van der Waals surface area contributed by atoms with E-state index in [0.717, 1.165) is 5.92 Å². The first-order chi connectivity index (χ1) is 7.57. The van der Waals surface area contributed by atoms with Gasteiger partial charge >= 0.3 is 0 Å². The minimum atomic E-state index is 0.418. The molecule has 0 aromatic carbocycles. The molecule has 94 valence electrons. The molecule has 0 aromatic heterocycles. The summed E-state index contributed by atoms with van der Waals surface area (Å²) in [5.41, 5.74) is 0.418. The topological polar surface area (TPSA) is 3.24 Å². The SMILES string of the molecule is CCCCC(CC)CN1C=CC(C)(C)CC1. The van der Waals surface area contributed by atoms with Crippen LogP contribution in [0.15, 0.2) is 12.3 Å². The third-order valence-corrected chi connectivity index (χ3v) is 3.82. The molecule has 1 rings (SSSR count). The fourth-order valence-electron chi connectivity index (χ4n) is 2.30. The van der Waals surface area contributed by atoms with Crippen LogP contribution in [0.2, 0.25) is 0 Å². The number of allylic oxidation sites excluding steroid dienone is 1. The summed E-state index contributed by atoms with van der Waals surface area (Å²) in [6, 6.07) is 0. The number of hydrogen-bond acceptors (Lipinski definition) is 1. The molecule has 0 radical (unpaired) electrons. The molecule has 0 saturated heterocycles. The Kier molecular flexibility index (Phi) is 5.37. The van der Waals surface area contributed by atoms with Gasteiger partial charge in [0.1, 0.15) is 0 Å². The molecule has 0 saturated carbocycles. The summed E-state index contributed by atoms with van der Waals surface area (Å²) in [5.74, 6) is 0.894. The Hall–Kier alpha value is -0.460. The van der Waals surface area contributed by atoms with Gasteiger partial charge in [0.2, 0.25) is 0 Å². The van der Waals surface area contributed by atoms with E-state index < -0.39 is 0 Å². The highest BCUT2D eigenvalue weighted by molar-refractivity contribution is 4.99. The molecule has 16 heavy (non-hydrogen) atoms. The van der Waals surface area contributed by atoms with Crippen molar-refractivity contribution in [3.63, 3.8) is 0 Å². The van der Waals surface area contributed by atoms with E-state index in [1.54, 1.807) is 0 Å². The number of hydrogen-bond donors (Lipinski definition) is 0. The fourth-order valence-corrected chi connectivity index (χ4v) is 2.30. The summed E-state index contributed by atoms with van der Waals surface area (Å²) < 4.78 is 0. The normalized spacial score (nSPS) is 21.1. The van der Waals surface area contributed by atoms with Crippen LogP contribution in [0.1, 0.15) is 59.8 Å². The Morgan fingerprint density at radius 1 is 1.31 bits per heavy atom. The van der Waals surface area contributed by atoms with Crippen LogP contribution in [0.25, 0.3) is 0 Å². The lowest BCUT2D eigenvalue weighted by atomic mass is 9.87. The lowest BCUT2D eigenvalue weighted by molar-refractivity contribution is 0.235. The lowest BCUT2D eigenvalue weighted by Gasteiger charge is -2.34. The van der Waals surface area contributed by atoms with Crippen molar-refractivity contribution in [1.82, 2.24) is 4.90 Å². The largest absolute Gasteiger partial charge is 0.377 e. The summed E-state index contributed by atoms with van der Waals surface area (Å²) in [7, 11) is 0. The smallest absolute Gasteiger partial charge is 0.0200 e. The lowest BCUT2D eigenvalue weighted by Crippen LogP contribution is -2.32. The van der Waals surface area contributed by atoms with Crippen LogP contribution in [-0.4, -0.2) is 18.0 Å². The van der Waals surface area contributed by atoms with Gasteiger partial charge in [0.05, 0.1) is 0 Å².